The van der Waals surface area contributed by atoms with Crippen molar-refractivity contribution in [3.8, 4) is 5.75 Å². The number of piperidine rings is 1. The Labute approximate surface area is 170 Å². The number of nitrogens with one attached hydrogen (secondary N) is 2. The summed E-state index contributed by atoms with van der Waals surface area (Å²) in [6.45, 7) is 4.35. The molecule has 26 heavy (non-hydrogen) atoms. The molecule has 140 valence electrons. The largest absolute Gasteiger partial charge is 0.489 e. The number of halogens is 3. The Bertz CT molecular complexity index is 733. The van der Waals surface area contributed by atoms with Crippen LogP contribution in [0.3, 0.4) is 0 Å². The summed E-state index contributed by atoms with van der Waals surface area (Å²) in [5, 5.41) is 8.88. The molecule has 1 saturated heterocycles. The van der Waals surface area contributed by atoms with E-state index in [2.05, 4.69) is 10.6 Å². The van der Waals surface area contributed by atoms with Crippen LogP contribution < -0.4 is 15.4 Å². The van der Waals surface area contributed by atoms with Gasteiger partial charge in [0.15, 0.2) is 0 Å². The van der Waals surface area contributed by atoms with Crippen LogP contribution in [0.1, 0.15) is 24.0 Å². The molecule has 0 aromatic heterocycles. The van der Waals surface area contributed by atoms with E-state index >= 15 is 0 Å². The van der Waals surface area contributed by atoms with Crippen molar-refractivity contribution in [1.29, 1.82) is 0 Å². The molecule has 2 aromatic rings. The van der Waals surface area contributed by atoms with Crippen molar-refractivity contribution in [2.24, 2.45) is 5.92 Å². The van der Waals surface area contributed by atoms with Crippen LogP contribution in [0.4, 0.5) is 0 Å². The zero-order valence-corrected chi connectivity index (χ0v) is 16.8. The van der Waals surface area contributed by atoms with Crippen molar-refractivity contribution < 1.29 is 4.74 Å². The third kappa shape index (κ3) is 5.77. The number of hydrogen-bond acceptors (Lipinski definition) is 3. The van der Waals surface area contributed by atoms with Crippen molar-refractivity contribution in [2.75, 3.05) is 19.6 Å². The van der Waals surface area contributed by atoms with Crippen LogP contribution in [0.2, 0.25) is 15.1 Å². The van der Waals surface area contributed by atoms with Gasteiger partial charge in [0, 0.05) is 32.7 Å². The summed E-state index contributed by atoms with van der Waals surface area (Å²) in [4.78, 5) is 0. The van der Waals surface area contributed by atoms with Crippen LogP contribution in [-0.2, 0) is 13.2 Å². The van der Waals surface area contributed by atoms with E-state index in [0.29, 0.717) is 21.7 Å². The first kappa shape index (κ1) is 19.8. The highest BCUT2D eigenvalue weighted by molar-refractivity contribution is 6.35. The summed E-state index contributed by atoms with van der Waals surface area (Å²) in [6.07, 6.45) is 2.45. The maximum absolute atomic E-state index is 6.23. The predicted molar refractivity (Wildman–Crippen MR) is 110 cm³/mol. The molecule has 2 N–H and O–H groups in total. The second-order valence-electron chi connectivity index (χ2n) is 6.60. The van der Waals surface area contributed by atoms with E-state index in [4.69, 9.17) is 39.5 Å². The molecule has 0 radical (unpaired) electrons. The third-order valence-corrected chi connectivity index (χ3v) is 5.45. The van der Waals surface area contributed by atoms with E-state index in [-0.39, 0.29) is 0 Å². The van der Waals surface area contributed by atoms with Gasteiger partial charge >= 0.3 is 0 Å². The first-order valence-electron chi connectivity index (χ1n) is 8.88. The Morgan fingerprint density at radius 1 is 0.962 bits per heavy atom. The van der Waals surface area contributed by atoms with Gasteiger partial charge in [0.2, 0.25) is 0 Å². The normalized spacial score (nSPS) is 15.2. The van der Waals surface area contributed by atoms with E-state index in [0.717, 1.165) is 49.0 Å². The van der Waals surface area contributed by atoms with Gasteiger partial charge in [-0.15, -0.1) is 0 Å². The predicted octanol–water partition coefficient (Wildman–Crippen LogP) is 5.32. The molecule has 0 aliphatic carbocycles. The summed E-state index contributed by atoms with van der Waals surface area (Å²) < 4.78 is 6.01. The fourth-order valence-electron chi connectivity index (χ4n) is 3.12. The lowest BCUT2D eigenvalue weighted by Gasteiger charge is -2.23. The van der Waals surface area contributed by atoms with Crippen molar-refractivity contribution >= 4 is 34.8 Å². The zero-order valence-electron chi connectivity index (χ0n) is 14.5. The number of benzene rings is 2. The lowest BCUT2D eigenvalue weighted by molar-refractivity contribution is 0.301. The fraction of sp³-hybridized carbons (Fsp3) is 0.400. The molecule has 0 bridgehead atoms. The molecule has 1 heterocycles. The summed E-state index contributed by atoms with van der Waals surface area (Å²) in [7, 11) is 0. The minimum Gasteiger partial charge on any atom is -0.489 e. The SMILES string of the molecule is Clc1ccc(COc2ccc(Cl)cc2CNCC2CCNCC2)c(Cl)c1. The van der Waals surface area contributed by atoms with Crippen LogP contribution in [0.5, 0.6) is 5.75 Å². The molecular formula is C20H23Cl3N2O. The molecule has 1 fully saturated rings. The Hall–Kier alpha value is -0.970. The van der Waals surface area contributed by atoms with E-state index in [1.165, 1.54) is 12.8 Å². The fourth-order valence-corrected chi connectivity index (χ4v) is 3.78. The minimum absolute atomic E-state index is 0.388. The number of hydrogen-bond donors (Lipinski definition) is 2. The molecule has 3 rings (SSSR count). The van der Waals surface area contributed by atoms with E-state index in [9.17, 15) is 0 Å². The highest BCUT2D eigenvalue weighted by atomic mass is 35.5. The van der Waals surface area contributed by atoms with Crippen molar-refractivity contribution in [3.05, 3.63) is 62.6 Å². The Morgan fingerprint density at radius 2 is 1.69 bits per heavy atom. The van der Waals surface area contributed by atoms with Crippen LogP contribution in [0.15, 0.2) is 36.4 Å². The third-order valence-electron chi connectivity index (χ3n) is 4.63. The zero-order chi connectivity index (χ0) is 18.4. The number of rotatable bonds is 7. The van der Waals surface area contributed by atoms with Crippen molar-refractivity contribution in [3.63, 3.8) is 0 Å². The van der Waals surface area contributed by atoms with Gasteiger partial charge in [-0.1, -0.05) is 40.9 Å². The van der Waals surface area contributed by atoms with Crippen LogP contribution >= 0.6 is 34.8 Å². The molecule has 6 heteroatoms. The Morgan fingerprint density at radius 3 is 2.46 bits per heavy atom. The molecule has 0 atom stereocenters. The average molecular weight is 414 g/mol. The molecule has 0 spiro atoms. The van der Waals surface area contributed by atoms with Crippen molar-refractivity contribution in [1.82, 2.24) is 10.6 Å². The monoisotopic (exact) mass is 412 g/mol. The molecule has 0 saturated carbocycles. The topological polar surface area (TPSA) is 33.3 Å². The molecule has 1 aliphatic heterocycles. The van der Waals surface area contributed by atoms with Crippen molar-refractivity contribution in [2.45, 2.75) is 26.0 Å². The van der Waals surface area contributed by atoms with Crippen LogP contribution in [-0.4, -0.2) is 19.6 Å². The van der Waals surface area contributed by atoms with Gasteiger partial charge in [-0.3, -0.25) is 0 Å². The summed E-state index contributed by atoms with van der Waals surface area (Å²) >= 11 is 18.4. The molecule has 2 aromatic carbocycles. The van der Waals surface area contributed by atoms with E-state index in [1.807, 2.05) is 30.3 Å². The molecule has 1 aliphatic rings. The lowest BCUT2D eigenvalue weighted by atomic mass is 9.98. The van der Waals surface area contributed by atoms with Gasteiger partial charge < -0.3 is 15.4 Å². The molecule has 0 amide bonds. The first-order valence-corrected chi connectivity index (χ1v) is 10.0. The maximum Gasteiger partial charge on any atom is 0.124 e. The number of ether oxygens (including phenoxy) is 1. The average Bonchev–Trinajstić information content (AvgIpc) is 2.63. The summed E-state index contributed by atoms with van der Waals surface area (Å²) in [5.74, 6) is 1.55. The first-order chi connectivity index (χ1) is 12.6. The van der Waals surface area contributed by atoms with Crippen LogP contribution in [0.25, 0.3) is 0 Å². The Balaban J connectivity index is 1.59. The van der Waals surface area contributed by atoms with Gasteiger partial charge in [-0.25, -0.2) is 0 Å². The standard InChI is InChI=1S/C20H23Cl3N2O/c21-17-3-4-20(26-13-15-1-2-18(22)10-19(15)23)16(9-17)12-25-11-14-5-7-24-8-6-14/h1-4,9-10,14,24-25H,5-8,11-13H2. The van der Waals surface area contributed by atoms with Gasteiger partial charge in [-0.05, 0) is 68.7 Å². The second-order valence-corrected chi connectivity index (χ2v) is 7.88. The van der Waals surface area contributed by atoms with E-state index in [1.54, 1.807) is 6.07 Å². The molecular weight excluding hydrogens is 391 g/mol. The maximum atomic E-state index is 6.23. The van der Waals surface area contributed by atoms with Gasteiger partial charge in [-0.2, -0.15) is 0 Å². The van der Waals surface area contributed by atoms with Crippen LogP contribution in [0, 0.1) is 5.92 Å². The molecule has 0 unspecified atom stereocenters. The van der Waals surface area contributed by atoms with Gasteiger partial charge in [0.05, 0.1) is 0 Å². The summed E-state index contributed by atoms with van der Waals surface area (Å²) in [5.41, 5.74) is 1.95. The van der Waals surface area contributed by atoms with Gasteiger partial charge in [0.1, 0.15) is 12.4 Å². The minimum atomic E-state index is 0.388. The Kier molecular flexibility index (Phi) is 7.47. The second kappa shape index (κ2) is 9.82. The smallest absolute Gasteiger partial charge is 0.124 e. The van der Waals surface area contributed by atoms with E-state index < -0.39 is 0 Å². The van der Waals surface area contributed by atoms with Gasteiger partial charge in [0.25, 0.3) is 0 Å². The molecule has 3 nitrogen and oxygen atoms in total. The summed E-state index contributed by atoms with van der Waals surface area (Å²) in [6, 6.07) is 11.1. The highest BCUT2D eigenvalue weighted by Gasteiger charge is 2.13. The lowest BCUT2D eigenvalue weighted by Crippen LogP contribution is -2.33. The highest BCUT2D eigenvalue weighted by Crippen LogP contribution is 2.26. The quantitative estimate of drug-likeness (QED) is 0.645.